The van der Waals surface area contributed by atoms with Crippen molar-refractivity contribution in [1.29, 1.82) is 0 Å². The van der Waals surface area contributed by atoms with E-state index < -0.39 is 11.9 Å². The zero-order valence-electron chi connectivity index (χ0n) is 17.8. The van der Waals surface area contributed by atoms with Crippen LogP contribution >= 0.6 is 0 Å². The first-order valence-electron chi connectivity index (χ1n) is 10.3. The lowest BCUT2D eigenvalue weighted by Gasteiger charge is -2.23. The summed E-state index contributed by atoms with van der Waals surface area (Å²) in [6.07, 6.45) is 0.972. The molecule has 1 atom stereocenters. The number of imidazole rings is 1. The lowest BCUT2D eigenvalue weighted by molar-refractivity contribution is 0.0164. The second kappa shape index (κ2) is 7.92. The number of halogens is 2. The number of carboxylic acids is 1. The Balaban J connectivity index is 1.82. The van der Waals surface area contributed by atoms with Gasteiger partial charge >= 0.3 is 5.97 Å². The molecule has 1 aliphatic heterocycles. The number of hydrogen-bond acceptors (Lipinski definition) is 4. The van der Waals surface area contributed by atoms with Crippen molar-refractivity contribution in [3.63, 3.8) is 0 Å². The van der Waals surface area contributed by atoms with Gasteiger partial charge in [-0.25, -0.2) is 18.6 Å². The molecule has 8 heteroatoms. The molecule has 6 nitrogen and oxygen atoms in total. The van der Waals surface area contributed by atoms with E-state index in [9.17, 15) is 18.7 Å². The summed E-state index contributed by atoms with van der Waals surface area (Å²) in [4.78, 5) is 20.5. The van der Waals surface area contributed by atoms with Crippen LogP contribution in [0.5, 0.6) is 0 Å². The molecule has 2 aromatic carbocycles. The summed E-state index contributed by atoms with van der Waals surface area (Å²) < 4.78 is 30.4. The van der Waals surface area contributed by atoms with E-state index in [0.717, 1.165) is 32.0 Å². The molecule has 31 heavy (non-hydrogen) atoms. The maximum absolute atomic E-state index is 14.2. The van der Waals surface area contributed by atoms with Gasteiger partial charge in [0.1, 0.15) is 0 Å². The van der Waals surface area contributed by atoms with Crippen LogP contribution in [0.3, 0.4) is 0 Å². The molecular weight excluding hydrogens is 402 g/mol. The summed E-state index contributed by atoms with van der Waals surface area (Å²) in [7, 11) is 4.08. The van der Waals surface area contributed by atoms with Crippen LogP contribution in [0.4, 0.5) is 14.7 Å². The number of nitrogens with zero attached hydrogens (tertiary/aromatic N) is 4. The highest BCUT2D eigenvalue weighted by Gasteiger charge is 2.30. The topological polar surface area (TPSA) is 61.6 Å². The SMILES string of the molecule is CN(C)[C@H]1CCN(c2nc3cc(C(=O)O)ccc3n2Cc2ccccc2C(C)(F)F)C1. The number of carbonyl (C=O) groups is 1. The zero-order valence-corrected chi connectivity index (χ0v) is 17.8. The lowest BCUT2D eigenvalue weighted by atomic mass is 10.0. The van der Waals surface area contributed by atoms with Crippen LogP contribution in [0.25, 0.3) is 11.0 Å². The average molecular weight is 428 g/mol. The highest BCUT2D eigenvalue weighted by molar-refractivity contribution is 5.93. The Morgan fingerprint density at radius 2 is 2.00 bits per heavy atom. The van der Waals surface area contributed by atoms with Crippen molar-refractivity contribution in [2.45, 2.75) is 31.9 Å². The molecule has 1 aromatic heterocycles. The van der Waals surface area contributed by atoms with Gasteiger partial charge in [-0.1, -0.05) is 24.3 Å². The number of hydrogen-bond donors (Lipinski definition) is 1. The molecule has 1 saturated heterocycles. The van der Waals surface area contributed by atoms with E-state index in [-0.39, 0.29) is 17.7 Å². The van der Waals surface area contributed by atoms with Crippen molar-refractivity contribution < 1.29 is 18.7 Å². The maximum atomic E-state index is 14.2. The molecule has 3 aromatic rings. The molecule has 0 saturated carbocycles. The van der Waals surface area contributed by atoms with E-state index in [1.54, 1.807) is 24.3 Å². The number of aromatic nitrogens is 2. The van der Waals surface area contributed by atoms with Gasteiger partial charge < -0.3 is 19.5 Å². The average Bonchev–Trinajstić information content (AvgIpc) is 3.32. The number of alkyl halides is 2. The minimum atomic E-state index is -2.96. The predicted octanol–water partition coefficient (Wildman–Crippen LogP) is 4.03. The maximum Gasteiger partial charge on any atom is 0.335 e. The minimum Gasteiger partial charge on any atom is -0.478 e. The molecule has 1 N–H and O–H groups in total. The van der Waals surface area contributed by atoms with Crippen molar-refractivity contribution in [3.8, 4) is 0 Å². The fourth-order valence-corrected chi connectivity index (χ4v) is 4.25. The van der Waals surface area contributed by atoms with Gasteiger partial charge in [-0.05, 0) is 44.3 Å². The molecular formula is C23H26F2N4O2. The van der Waals surface area contributed by atoms with Crippen molar-refractivity contribution >= 4 is 23.0 Å². The normalized spacial score (nSPS) is 17.1. The second-order valence-electron chi connectivity index (χ2n) is 8.40. The standard InChI is InChI=1S/C23H26F2N4O2/c1-23(24,25)18-7-5-4-6-16(18)13-29-20-9-8-15(21(30)31)12-19(20)26-22(29)28-11-10-17(14-28)27(2)3/h4-9,12,17H,10-11,13-14H2,1-3H3,(H,30,31)/t17-/m0/s1. The van der Waals surface area contributed by atoms with Gasteiger partial charge in [-0.15, -0.1) is 0 Å². The van der Waals surface area contributed by atoms with Crippen LogP contribution < -0.4 is 4.90 Å². The fourth-order valence-electron chi connectivity index (χ4n) is 4.25. The molecule has 0 radical (unpaired) electrons. The van der Waals surface area contributed by atoms with E-state index in [2.05, 4.69) is 9.80 Å². The van der Waals surface area contributed by atoms with Crippen LogP contribution in [0.2, 0.25) is 0 Å². The van der Waals surface area contributed by atoms with E-state index >= 15 is 0 Å². The number of carboxylic acid groups (broad SMARTS) is 1. The number of fused-ring (bicyclic) bond motifs is 1. The summed E-state index contributed by atoms with van der Waals surface area (Å²) in [6.45, 7) is 2.69. The van der Waals surface area contributed by atoms with E-state index in [1.165, 1.54) is 18.2 Å². The van der Waals surface area contributed by atoms with Crippen LogP contribution in [-0.4, -0.2) is 58.8 Å². The van der Waals surface area contributed by atoms with Gasteiger partial charge in [0.15, 0.2) is 0 Å². The second-order valence-corrected chi connectivity index (χ2v) is 8.40. The van der Waals surface area contributed by atoms with E-state index in [0.29, 0.717) is 23.1 Å². The lowest BCUT2D eigenvalue weighted by Crippen LogP contribution is -2.32. The summed E-state index contributed by atoms with van der Waals surface area (Å²) in [5, 5.41) is 9.35. The quantitative estimate of drug-likeness (QED) is 0.642. The largest absolute Gasteiger partial charge is 0.478 e. The number of anilines is 1. The Bertz CT molecular complexity index is 1120. The van der Waals surface area contributed by atoms with Gasteiger partial charge in [0.25, 0.3) is 5.92 Å². The first kappa shape index (κ1) is 21.2. The third kappa shape index (κ3) is 4.12. The number of likely N-dealkylation sites (N-methyl/N-ethyl adjacent to an activating group) is 1. The highest BCUT2D eigenvalue weighted by atomic mass is 19.3. The number of aromatic carboxylic acids is 1. The summed E-state index contributed by atoms with van der Waals surface area (Å²) in [5.41, 5.74) is 1.92. The molecule has 0 amide bonds. The van der Waals surface area contributed by atoms with Gasteiger partial charge in [-0.2, -0.15) is 0 Å². The van der Waals surface area contributed by atoms with Gasteiger partial charge in [0, 0.05) is 31.6 Å². The molecule has 0 spiro atoms. The van der Waals surface area contributed by atoms with Crippen molar-refractivity contribution in [2.24, 2.45) is 0 Å². The molecule has 0 aliphatic carbocycles. The first-order valence-corrected chi connectivity index (χ1v) is 10.3. The monoisotopic (exact) mass is 428 g/mol. The molecule has 1 fully saturated rings. The molecule has 0 unspecified atom stereocenters. The molecule has 4 rings (SSSR count). The molecule has 164 valence electrons. The third-order valence-electron chi connectivity index (χ3n) is 5.97. The van der Waals surface area contributed by atoms with Crippen LogP contribution in [0.15, 0.2) is 42.5 Å². The summed E-state index contributed by atoms with van der Waals surface area (Å²) >= 11 is 0. The Hall–Kier alpha value is -3.00. The Morgan fingerprint density at radius 3 is 2.65 bits per heavy atom. The Kier molecular flexibility index (Phi) is 5.43. The molecule has 1 aliphatic rings. The number of benzene rings is 2. The highest BCUT2D eigenvalue weighted by Crippen LogP contribution is 2.33. The molecule has 0 bridgehead atoms. The first-order chi connectivity index (χ1) is 14.6. The van der Waals surface area contributed by atoms with Crippen LogP contribution in [0, 0.1) is 0 Å². The van der Waals surface area contributed by atoms with Crippen LogP contribution in [-0.2, 0) is 12.5 Å². The Morgan fingerprint density at radius 1 is 1.26 bits per heavy atom. The van der Waals surface area contributed by atoms with E-state index in [1.807, 2.05) is 18.7 Å². The van der Waals surface area contributed by atoms with Crippen molar-refractivity contribution in [3.05, 3.63) is 59.2 Å². The Labute approximate surface area is 179 Å². The zero-order chi connectivity index (χ0) is 22.3. The van der Waals surface area contributed by atoms with Crippen molar-refractivity contribution in [2.75, 3.05) is 32.1 Å². The van der Waals surface area contributed by atoms with Gasteiger partial charge in [-0.3, -0.25) is 0 Å². The fraction of sp³-hybridized carbons (Fsp3) is 0.391. The summed E-state index contributed by atoms with van der Waals surface area (Å²) in [5.74, 6) is -3.31. The van der Waals surface area contributed by atoms with Crippen LogP contribution in [0.1, 0.15) is 34.8 Å². The minimum absolute atomic E-state index is 0.0162. The van der Waals surface area contributed by atoms with Gasteiger partial charge in [0.05, 0.1) is 23.1 Å². The number of rotatable bonds is 6. The van der Waals surface area contributed by atoms with Crippen molar-refractivity contribution in [1.82, 2.24) is 14.5 Å². The van der Waals surface area contributed by atoms with Gasteiger partial charge in [0.2, 0.25) is 5.95 Å². The predicted molar refractivity (Wildman–Crippen MR) is 116 cm³/mol. The smallest absolute Gasteiger partial charge is 0.335 e. The third-order valence-corrected chi connectivity index (χ3v) is 5.97. The summed E-state index contributed by atoms with van der Waals surface area (Å²) in [6, 6.07) is 11.7. The van der Waals surface area contributed by atoms with E-state index in [4.69, 9.17) is 4.98 Å². The molecule has 2 heterocycles.